The molecule has 0 bridgehead atoms. The number of carboxylic acids is 1. The number of piperidine rings is 3. The van der Waals surface area contributed by atoms with Gasteiger partial charge < -0.3 is 44.4 Å². The number of carbonyl (C=O) groups is 2. The molecule has 3 saturated heterocycles. The topological polar surface area (TPSA) is 266 Å². The number of nitrogens with one attached hydrogen (secondary N) is 1. The number of aliphatic hydroxyl groups excluding tert-OH is 1. The first-order chi connectivity index (χ1) is 67.5. The minimum Gasteiger partial charge on any atom is -0.480 e. The second kappa shape index (κ2) is 54.6. The van der Waals surface area contributed by atoms with E-state index in [0.29, 0.717) is 73.9 Å². The van der Waals surface area contributed by atoms with Crippen LogP contribution < -0.4 is 39.6 Å². The number of rotatable bonds is 26. The molecular formula is C107H108Cl8N18O7. The lowest BCUT2D eigenvalue weighted by atomic mass is 9.98. The van der Waals surface area contributed by atoms with E-state index in [1.165, 1.54) is 6.20 Å². The number of aromatic nitrogens is 10. The molecule has 0 aliphatic carbocycles. The molecule has 5 aromatic heterocycles. The van der Waals surface area contributed by atoms with Crippen LogP contribution in [0, 0.1) is 17.8 Å². The summed E-state index contributed by atoms with van der Waals surface area (Å²) in [5.41, 5.74) is 9.48. The number of para-hydroxylation sites is 5. The first kappa shape index (κ1) is 106. The highest BCUT2D eigenvalue weighted by molar-refractivity contribution is 6.33. The number of esters is 1. The van der Waals surface area contributed by atoms with Gasteiger partial charge in [-0.2, -0.15) is 19.9 Å². The number of anilines is 17. The van der Waals surface area contributed by atoms with Crippen molar-refractivity contribution in [1.82, 2.24) is 49.8 Å². The van der Waals surface area contributed by atoms with Crippen LogP contribution in [0.3, 0.4) is 0 Å². The van der Waals surface area contributed by atoms with Crippen LogP contribution in [0.4, 0.5) is 98.0 Å². The van der Waals surface area contributed by atoms with E-state index in [0.717, 1.165) is 163 Å². The van der Waals surface area contributed by atoms with Crippen LogP contribution in [0.2, 0.25) is 40.8 Å². The van der Waals surface area contributed by atoms with Gasteiger partial charge in [0.15, 0.2) is 0 Å². The van der Waals surface area contributed by atoms with Crippen molar-refractivity contribution in [2.24, 2.45) is 17.8 Å². The van der Waals surface area contributed by atoms with Crippen molar-refractivity contribution in [3.63, 3.8) is 0 Å². The number of carboxylic acid groups (broad SMARTS) is 1. The Morgan fingerprint density at radius 3 is 0.907 bits per heavy atom. The van der Waals surface area contributed by atoms with E-state index in [4.69, 9.17) is 127 Å². The largest absolute Gasteiger partial charge is 0.480 e. The second-order valence-electron chi connectivity index (χ2n) is 33.0. The van der Waals surface area contributed by atoms with Crippen molar-refractivity contribution in [2.45, 2.75) is 72.3 Å². The van der Waals surface area contributed by atoms with Crippen LogP contribution in [0.25, 0.3) is 0 Å². The van der Waals surface area contributed by atoms with Gasteiger partial charge in [-0.1, -0.05) is 168 Å². The summed E-state index contributed by atoms with van der Waals surface area (Å²) in [6.07, 6.45) is 14.2. The lowest BCUT2D eigenvalue weighted by Gasteiger charge is -2.32. The molecule has 18 rings (SSSR count). The fourth-order valence-corrected chi connectivity index (χ4v) is 16.2. The normalized spacial score (nSPS) is 13.0. The number of aliphatic hydroxyl groups is 1. The van der Waals surface area contributed by atoms with Crippen LogP contribution in [-0.2, 0) is 23.8 Å². The molecule has 0 spiro atoms. The number of nitrogens with zero attached hydrogens (tertiary/aromatic N) is 17. The maximum Gasteiger partial charge on any atom is 0.332 e. The smallest absolute Gasteiger partial charge is 0.332 e. The van der Waals surface area contributed by atoms with Crippen LogP contribution in [0.5, 0.6) is 0 Å². The molecule has 0 saturated carbocycles. The monoisotopic (exact) mass is 2040 g/mol. The molecule has 0 atom stereocenters. The minimum absolute atomic E-state index is 0. The SMILES string of the molecule is C.CC(C)(C)OC(=O)COCC1CCN(c2nccc(N(c3ccccc3)c3ccc(Cl)cc3)n2)CC1.Clc1ccc(N(c2ccccc2)c2ccnc(Cl)n2)cc1.Clc1ccc(Nc2ccccc2)cc1.Clc1ccnc(Cl)n1.O=C(O)COCC1CCN(c2nccc(N(c3ccccc3)c3ccc(Cl)cc3)n2)CC1.OCC1CCN(c2nccc(N(c3ccccc3)c3ccc(Cl)cc3)n2)CC1. The summed E-state index contributed by atoms with van der Waals surface area (Å²) in [6, 6.07) is 97.8. The molecule has 3 aliphatic heterocycles. The Bertz CT molecular complexity index is 6230. The van der Waals surface area contributed by atoms with E-state index in [2.05, 4.69) is 93.9 Å². The Kier molecular flexibility index (Phi) is 41.4. The van der Waals surface area contributed by atoms with Gasteiger partial charge in [-0.3, -0.25) is 19.6 Å². The Morgan fingerprint density at radius 2 is 0.614 bits per heavy atom. The van der Waals surface area contributed by atoms with Crippen LogP contribution in [0.1, 0.15) is 66.7 Å². The Labute approximate surface area is 857 Å². The predicted octanol–water partition coefficient (Wildman–Crippen LogP) is 27.7. The number of hydrogen-bond acceptors (Lipinski definition) is 24. The molecule has 8 heterocycles. The summed E-state index contributed by atoms with van der Waals surface area (Å²) < 4.78 is 16.2. The summed E-state index contributed by atoms with van der Waals surface area (Å²) in [6.45, 7) is 11.6. The molecule has 33 heteroatoms. The summed E-state index contributed by atoms with van der Waals surface area (Å²) in [4.78, 5) is 81.0. The Balaban J connectivity index is 0.000000157. The highest BCUT2D eigenvalue weighted by atomic mass is 35.5. The van der Waals surface area contributed by atoms with Gasteiger partial charge in [0.1, 0.15) is 47.2 Å². The van der Waals surface area contributed by atoms with Gasteiger partial charge in [0.05, 0.1) is 13.2 Å². The molecule has 10 aromatic carbocycles. The third-order valence-corrected chi connectivity index (χ3v) is 23.7. The van der Waals surface area contributed by atoms with E-state index in [9.17, 15) is 14.7 Å². The summed E-state index contributed by atoms with van der Waals surface area (Å²) in [5.74, 6) is 5.05. The van der Waals surface area contributed by atoms with Crippen molar-refractivity contribution in [3.8, 4) is 0 Å². The van der Waals surface area contributed by atoms with E-state index < -0.39 is 11.6 Å². The number of ether oxygens (including phenoxy) is 3. The number of aliphatic carboxylic acids is 1. The summed E-state index contributed by atoms with van der Waals surface area (Å²) >= 11 is 46.8. The maximum atomic E-state index is 11.9. The van der Waals surface area contributed by atoms with Gasteiger partial charge in [-0.25, -0.2) is 39.5 Å². The first-order valence-corrected chi connectivity index (χ1v) is 48.1. The molecule has 140 heavy (non-hydrogen) atoms. The molecule has 3 N–H and O–H groups in total. The zero-order valence-electron chi connectivity index (χ0n) is 76.6. The van der Waals surface area contributed by atoms with Gasteiger partial charge in [0, 0.05) is 159 Å². The van der Waals surface area contributed by atoms with E-state index in [-0.39, 0.29) is 43.8 Å². The van der Waals surface area contributed by atoms with Gasteiger partial charge in [-0.05, 0) is 313 Å². The quantitative estimate of drug-likeness (QED) is 0.0258. The van der Waals surface area contributed by atoms with Crippen molar-refractivity contribution in [2.75, 3.05) is 112 Å². The zero-order chi connectivity index (χ0) is 97.7. The Morgan fingerprint density at radius 1 is 0.343 bits per heavy atom. The molecule has 724 valence electrons. The predicted molar refractivity (Wildman–Crippen MR) is 569 cm³/mol. The van der Waals surface area contributed by atoms with Gasteiger partial charge in [0.2, 0.25) is 28.4 Å². The first-order valence-electron chi connectivity index (χ1n) is 45.1. The van der Waals surface area contributed by atoms with E-state index in [1.54, 1.807) is 24.7 Å². The fourth-order valence-electron chi connectivity index (χ4n) is 15.1. The fraction of sp³-hybridized carbons (Fsp3) is 0.234. The molecule has 0 amide bonds. The average molecular weight is 2040 g/mol. The lowest BCUT2D eigenvalue weighted by Crippen LogP contribution is -2.36. The second-order valence-corrected chi connectivity index (χ2v) is 36.3. The zero-order valence-corrected chi connectivity index (χ0v) is 82.6. The third kappa shape index (κ3) is 33.4. The number of carbonyl (C=O) groups excluding carboxylic acids is 1. The lowest BCUT2D eigenvalue weighted by molar-refractivity contribution is -0.160. The highest BCUT2D eigenvalue weighted by Gasteiger charge is 2.28. The summed E-state index contributed by atoms with van der Waals surface area (Å²) in [7, 11) is 0. The van der Waals surface area contributed by atoms with Gasteiger partial charge in [0.25, 0.3) is 0 Å². The average Bonchev–Trinajstić information content (AvgIpc) is 0.808. The van der Waals surface area contributed by atoms with Crippen LogP contribution in [-0.4, -0.2) is 150 Å². The summed E-state index contributed by atoms with van der Waals surface area (Å²) in [5, 5.41) is 25.6. The van der Waals surface area contributed by atoms with Crippen molar-refractivity contribution < 1.29 is 34.0 Å². The van der Waals surface area contributed by atoms with E-state index >= 15 is 0 Å². The molecule has 25 nitrogen and oxygen atoms in total. The molecule has 3 aliphatic rings. The molecule has 3 fully saturated rings. The number of benzene rings is 10. The van der Waals surface area contributed by atoms with E-state index in [1.807, 2.05) is 305 Å². The molecule has 15 aromatic rings. The third-order valence-electron chi connectivity index (χ3n) is 21.8. The maximum absolute atomic E-state index is 11.9. The van der Waals surface area contributed by atoms with Crippen molar-refractivity contribution in [3.05, 3.63) is 375 Å². The van der Waals surface area contributed by atoms with Crippen molar-refractivity contribution >= 4 is 203 Å². The molecule has 0 radical (unpaired) electrons. The molecule has 0 unspecified atom stereocenters. The van der Waals surface area contributed by atoms with Gasteiger partial charge >= 0.3 is 11.9 Å². The number of hydrogen-bond donors (Lipinski definition) is 3. The molecular weight excluding hydrogens is 1930 g/mol. The van der Waals surface area contributed by atoms with Gasteiger partial charge in [-0.15, -0.1) is 0 Å². The highest BCUT2D eigenvalue weighted by Crippen LogP contribution is 2.41. The number of halogens is 8. The Hall–Kier alpha value is -12.9. The van der Waals surface area contributed by atoms with Crippen molar-refractivity contribution in [1.29, 1.82) is 0 Å². The standard InChI is InChI=1S/C28H33ClN4O3.C24H25ClN4O3.C22H23ClN4O.C16H11Cl2N3.C12H10ClN.C4H2Cl2N2.CH4/c1-28(2,3)36-26(34)20-35-19-21-14-17-32(18-15-21)27-30-16-13-25(31-27)33(23-7-5-4-6-8-23)24-11-9-22(29)10-12-24;25-19-6-8-21(9-7-19)29(20-4-2-1-3-5-20)22-10-13-26-24(27-22)28-14-11-18(12-15-28)16-32-17-23(30)31;23-18-6-8-20(9-7-18)27(19-4-2-1-3-5-19)21-10-13-24-22(25-21)26-14-11-17(16-28)12-15-26;17-12-6-8-14(9-7-12)21(13-4-2-1-3-5-13)15-10-11-19-16(18)20-15;13-10-6-8-12(9-7-10)14-11-4-2-1-3-5-11;5-3-1-2-7-4(6)8-3;/h4-13,16,21H,14-15,17-20H2,1-3H3;1-10,13,18H,11-12,14-17H2,(H,30,31);1-10,13,17,28H,11-12,14-16H2;1-11H;1-9,14H;1-2H;1H4. The van der Waals surface area contributed by atoms with Crippen LogP contribution in [0.15, 0.2) is 334 Å². The van der Waals surface area contributed by atoms with Crippen LogP contribution >= 0.6 is 92.8 Å². The minimum atomic E-state index is -0.934.